The first-order valence-corrected chi connectivity index (χ1v) is 6.97. The Morgan fingerprint density at radius 3 is 2.81 bits per heavy atom. The molecule has 8 nitrogen and oxygen atoms in total. The summed E-state index contributed by atoms with van der Waals surface area (Å²) >= 11 is 0. The van der Waals surface area contributed by atoms with Gasteiger partial charge in [-0.1, -0.05) is 13.8 Å². The van der Waals surface area contributed by atoms with Crippen LogP contribution in [0.4, 0.5) is 17.5 Å². The number of nitrogens with one attached hydrogen (secondary N) is 2. The van der Waals surface area contributed by atoms with E-state index >= 15 is 0 Å². The molecule has 1 aliphatic rings. The SMILES string of the molecule is CCOC1CC(Nc2nc(NC)ncc2[N+](=O)[O-])C1(C)C. The molecule has 0 spiro atoms. The highest BCUT2D eigenvalue weighted by molar-refractivity contribution is 5.58. The smallest absolute Gasteiger partial charge is 0.329 e. The molecule has 0 radical (unpaired) electrons. The molecule has 2 atom stereocenters. The molecule has 0 saturated heterocycles. The van der Waals surface area contributed by atoms with Crippen LogP contribution in [0.25, 0.3) is 0 Å². The third-order valence-electron chi connectivity index (χ3n) is 4.05. The van der Waals surface area contributed by atoms with Crippen LogP contribution < -0.4 is 10.6 Å². The van der Waals surface area contributed by atoms with Gasteiger partial charge in [0.1, 0.15) is 6.20 Å². The molecule has 0 aliphatic heterocycles. The van der Waals surface area contributed by atoms with Crippen LogP contribution in [-0.2, 0) is 4.74 Å². The van der Waals surface area contributed by atoms with Crippen LogP contribution in [-0.4, -0.2) is 40.7 Å². The molecule has 1 fully saturated rings. The predicted molar refractivity (Wildman–Crippen MR) is 79.5 cm³/mol. The normalized spacial score (nSPS) is 23.2. The first-order valence-electron chi connectivity index (χ1n) is 6.97. The Morgan fingerprint density at radius 1 is 1.57 bits per heavy atom. The minimum atomic E-state index is -0.479. The number of hydrogen-bond acceptors (Lipinski definition) is 7. The first-order chi connectivity index (χ1) is 9.90. The molecule has 116 valence electrons. The number of anilines is 2. The fourth-order valence-electron chi connectivity index (χ4n) is 2.52. The van der Waals surface area contributed by atoms with Gasteiger partial charge in [-0.3, -0.25) is 10.1 Å². The maximum Gasteiger partial charge on any atom is 0.329 e. The Kier molecular flexibility index (Phi) is 4.26. The lowest BCUT2D eigenvalue weighted by molar-refractivity contribution is -0.384. The lowest BCUT2D eigenvalue weighted by Gasteiger charge is -2.51. The molecular weight excluding hydrogens is 274 g/mol. The van der Waals surface area contributed by atoms with E-state index in [4.69, 9.17) is 4.74 Å². The third kappa shape index (κ3) is 2.90. The van der Waals surface area contributed by atoms with Gasteiger partial charge in [0, 0.05) is 25.1 Å². The van der Waals surface area contributed by atoms with Crippen LogP contribution in [0, 0.1) is 15.5 Å². The molecule has 1 aromatic heterocycles. The molecule has 0 bridgehead atoms. The quantitative estimate of drug-likeness (QED) is 0.611. The fourth-order valence-corrected chi connectivity index (χ4v) is 2.52. The van der Waals surface area contributed by atoms with E-state index in [2.05, 4.69) is 34.4 Å². The Bertz CT molecular complexity index is 535. The minimum absolute atomic E-state index is 0.0763. The van der Waals surface area contributed by atoms with Gasteiger partial charge in [-0.2, -0.15) is 4.98 Å². The molecule has 2 rings (SSSR count). The van der Waals surface area contributed by atoms with Crippen molar-refractivity contribution in [2.45, 2.75) is 39.3 Å². The van der Waals surface area contributed by atoms with Crippen LogP contribution in [0.2, 0.25) is 0 Å². The summed E-state index contributed by atoms with van der Waals surface area (Å²) in [6.07, 6.45) is 2.17. The highest BCUT2D eigenvalue weighted by Crippen LogP contribution is 2.44. The van der Waals surface area contributed by atoms with Crippen LogP contribution in [0.15, 0.2) is 6.20 Å². The zero-order valence-electron chi connectivity index (χ0n) is 12.7. The molecular formula is C13H21N5O3. The van der Waals surface area contributed by atoms with Crippen LogP contribution in [0.1, 0.15) is 27.2 Å². The van der Waals surface area contributed by atoms with Crippen molar-refractivity contribution in [2.24, 2.45) is 5.41 Å². The van der Waals surface area contributed by atoms with Gasteiger partial charge in [-0.05, 0) is 13.3 Å². The lowest BCUT2D eigenvalue weighted by Crippen LogP contribution is -2.58. The van der Waals surface area contributed by atoms with E-state index in [-0.39, 0.29) is 29.1 Å². The number of nitrogens with zero attached hydrogens (tertiary/aromatic N) is 3. The van der Waals surface area contributed by atoms with E-state index in [0.29, 0.717) is 12.6 Å². The van der Waals surface area contributed by atoms with Crippen molar-refractivity contribution < 1.29 is 9.66 Å². The van der Waals surface area contributed by atoms with Crippen molar-refractivity contribution in [1.29, 1.82) is 0 Å². The maximum absolute atomic E-state index is 11.1. The standard InChI is InChI=1S/C13H21N5O3/c1-5-21-10-6-9(13(10,2)3)16-11-8(18(19)20)7-15-12(14-4)17-11/h7,9-10H,5-6H2,1-4H3,(H2,14,15,16,17). The summed E-state index contributed by atoms with van der Waals surface area (Å²) in [5.74, 6) is 0.592. The second-order valence-electron chi connectivity index (χ2n) is 5.63. The summed E-state index contributed by atoms with van der Waals surface area (Å²) < 4.78 is 5.66. The zero-order chi connectivity index (χ0) is 15.6. The summed E-state index contributed by atoms with van der Waals surface area (Å²) in [6.45, 7) is 6.80. The number of hydrogen-bond donors (Lipinski definition) is 2. The van der Waals surface area contributed by atoms with Gasteiger partial charge in [-0.25, -0.2) is 4.98 Å². The Balaban J connectivity index is 2.18. The Labute approximate surface area is 123 Å². The molecule has 2 unspecified atom stereocenters. The Hall–Kier alpha value is -1.96. The molecule has 8 heteroatoms. The molecule has 1 heterocycles. The summed E-state index contributed by atoms with van der Waals surface area (Å²) in [4.78, 5) is 18.6. The van der Waals surface area contributed by atoms with Gasteiger partial charge in [0.2, 0.25) is 11.8 Å². The lowest BCUT2D eigenvalue weighted by atomic mass is 9.64. The van der Waals surface area contributed by atoms with Crippen molar-refractivity contribution in [3.63, 3.8) is 0 Å². The van der Waals surface area contributed by atoms with Crippen LogP contribution in [0.3, 0.4) is 0 Å². The molecule has 1 saturated carbocycles. The zero-order valence-corrected chi connectivity index (χ0v) is 12.7. The number of nitro groups is 1. The molecule has 1 aliphatic carbocycles. The first kappa shape index (κ1) is 15.4. The highest BCUT2D eigenvalue weighted by atomic mass is 16.6. The summed E-state index contributed by atoms with van der Waals surface area (Å²) in [5, 5.41) is 17.0. The van der Waals surface area contributed by atoms with Crippen LogP contribution >= 0.6 is 0 Å². The maximum atomic E-state index is 11.1. The average molecular weight is 295 g/mol. The van der Waals surface area contributed by atoms with E-state index in [1.165, 1.54) is 6.20 Å². The largest absolute Gasteiger partial charge is 0.378 e. The van der Waals surface area contributed by atoms with E-state index in [0.717, 1.165) is 6.42 Å². The minimum Gasteiger partial charge on any atom is -0.378 e. The molecule has 0 aromatic carbocycles. The van der Waals surface area contributed by atoms with E-state index < -0.39 is 4.92 Å². The predicted octanol–water partition coefficient (Wildman–Crippen LogP) is 2.04. The van der Waals surface area contributed by atoms with Gasteiger partial charge in [0.05, 0.1) is 11.0 Å². The molecule has 21 heavy (non-hydrogen) atoms. The van der Waals surface area contributed by atoms with Crippen molar-refractivity contribution in [2.75, 3.05) is 24.3 Å². The second kappa shape index (κ2) is 5.80. The van der Waals surface area contributed by atoms with Crippen molar-refractivity contribution in [3.05, 3.63) is 16.3 Å². The molecule has 1 aromatic rings. The van der Waals surface area contributed by atoms with Crippen LogP contribution in [0.5, 0.6) is 0 Å². The van der Waals surface area contributed by atoms with Crippen molar-refractivity contribution >= 4 is 17.5 Å². The summed E-state index contributed by atoms with van der Waals surface area (Å²) in [7, 11) is 1.67. The van der Waals surface area contributed by atoms with Gasteiger partial charge >= 0.3 is 5.69 Å². The Morgan fingerprint density at radius 2 is 2.29 bits per heavy atom. The van der Waals surface area contributed by atoms with E-state index in [1.54, 1.807) is 7.05 Å². The number of ether oxygens (including phenoxy) is 1. The summed E-state index contributed by atoms with van der Waals surface area (Å²) in [6, 6.07) is 0.0763. The number of aromatic nitrogens is 2. The summed E-state index contributed by atoms with van der Waals surface area (Å²) in [5.41, 5.74) is -0.223. The monoisotopic (exact) mass is 295 g/mol. The van der Waals surface area contributed by atoms with Gasteiger partial charge < -0.3 is 15.4 Å². The van der Waals surface area contributed by atoms with E-state index in [9.17, 15) is 10.1 Å². The van der Waals surface area contributed by atoms with Gasteiger partial charge in [0.25, 0.3) is 0 Å². The average Bonchev–Trinajstić information content (AvgIpc) is 2.45. The van der Waals surface area contributed by atoms with Gasteiger partial charge in [-0.15, -0.1) is 0 Å². The fraction of sp³-hybridized carbons (Fsp3) is 0.692. The highest BCUT2D eigenvalue weighted by Gasteiger charge is 2.49. The van der Waals surface area contributed by atoms with Crippen molar-refractivity contribution in [3.8, 4) is 0 Å². The molecule has 2 N–H and O–H groups in total. The third-order valence-corrected chi connectivity index (χ3v) is 4.05. The number of rotatable bonds is 6. The second-order valence-corrected chi connectivity index (χ2v) is 5.63. The topological polar surface area (TPSA) is 102 Å². The van der Waals surface area contributed by atoms with E-state index in [1.807, 2.05) is 6.92 Å². The molecule has 0 amide bonds. The van der Waals surface area contributed by atoms with Gasteiger partial charge in [0.15, 0.2) is 0 Å². The van der Waals surface area contributed by atoms with Crippen molar-refractivity contribution in [1.82, 2.24) is 9.97 Å².